The van der Waals surface area contributed by atoms with Crippen LogP contribution in [0.2, 0.25) is 5.02 Å². The Hall–Kier alpha value is -2.90. The topological polar surface area (TPSA) is 77.5 Å². The van der Waals surface area contributed by atoms with Gasteiger partial charge in [-0.25, -0.2) is 9.37 Å². The molecule has 3 N–H and O–H groups in total. The van der Waals surface area contributed by atoms with Crippen molar-refractivity contribution in [2.45, 2.75) is 12.5 Å². The van der Waals surface area contributed by atoms with E-state index in [2.05, 4.69) is 15.6 Å². The predicted molar refractivity (Wildman–Crippen MR) is 113 cm³/mol. The highest BCUT2D eigenvalue weighted by atomic mass is 35.5. The Labute approximate surface area is 172 Å². The van der Waals surface area contributed by atoms with Gasteiger partial charge in [0, 0.05) is 24.2 Å². The monoisotopic (exact) mass is 414 g/mol. The number of nitrogens with one attached hydrogen (secondary N) is 2. The number of fused-ring (bicyclic) bond motifs is 1. The number of benzene rings is 2. The second-order valence-electron chi connectivity index (χ2n) is 6.96. The van der Waals surface area contributed by atoms with Gasteiger partial charge in [-0.3, -0.25) is 4.79 Å². The lowest BCUT2D eigenvalue weighted by molar-refractivity contribution is -0.114. The SMILES string of the molecule is O=C(CNc1ccc(F)cc1)Nc1c(Cl)ccc2nc(N3CC[C@@H](O)C3)ccc12. The summed E-state index contributed by atoms with van der Waals surface area (Å²) in [6.07, 6.45) is 0.393. The Morgan fingerprint density at radius 1 is 1.21 bits per heavy atom. The minimum atomic E-state index is -0.335. The summed E-state index contributed by atoms with van der Waals surface area (Å²) in [6, 6.07) is 13.0. The highest BCUT2D eigenvalue weighted by molar-refractivity contribution is 6.35. The lowest BCUT2D eigenvalue weighted by Gasteiger charge is -2.18. The van der Waals surface area contributed by atoms with E-state index in [0.29, 0.717) is 28.5 Å². The molecule has 0 bridgehead atoms. The normalized spacial score (nSPS) is 16.2. The van der Waals surface area contributed by atoms with Gasteiger partial charge in [-0.05, 0) is 55.0 Å². The molecule has 0 spiro atoms. The van der Waals surface area contributed by atoms with Crippen molar-refractivity contribution >= 4 is 45.6 Å². The van der Waals surface area contributed by atoms with E-state index in [9.17, 15) is 14.3 Å². The molecule has 29 heavy (non-hydrogen) atoms. The van der Waals surface area contributed by atoms with Gasteiger partial charge in [-0.15, -0.1) is 0 Å². The fraction of sp³-hybridized carbons (Fsp3) is 0.238. The number of carbonyl (C=O) groups excluding carboxylic acids is 1. The van der Waals surface area contributed by atoms with Crippen molar-refractivity contribution < 1.29 is 14.3 Å². The third-order valence-electron chi connectivity index (χ3n) is 4.85. The first kappa shape index (κ1) is 19.4. The van der Waals surface area contributed by atoms with Gasteiger partial charge in [0.15, 0.2) is 0 Å². The number of aliphatic hydroxyl groups excluding tert-OH is 1. The average Bonchev–Trinajstić information content (AvgIpc) is 3.16. The Morgan fingerprint density at radius 2 is 2.00 bits per heavy atom. The van der Waals surface area contributed by atoms with Crippen molar-refractivity contribution in [3.05, 3.63) is 59.4 Å². The lowest BCUT2D eigenvalue weighted by atomic mass is 10.1. The number of pyridine rings is 1. The van der Waals surface area contributed by atoms with E-state index in [1.54, 1.807) is 24.3 Å². The van der Waals surface area contributed by atoms with Crippen molar-refractivity contribution in [3.8, 4) is 0 Å². The number of β-amino-alcohol motifs (C(OH)–C–C–N with tert-alkyl or cyclic N) is 1. The molecule has 1 atom stereocenters. The van der Waals surface area contributed by atoms with Gasteiger partial charge < -0.3 is 20.6 Å². The fourth-order valence-corrected chi connectivity index (χ4v) is 3.57. The van der Waals surface area contributed by atoms with Crippen LogP contribution in [0.4, 0.5) is 21.6 Å². The molecule has 6 nitrogen and oxygen atoms in total. The van der Waals surface area contributed by atoms with Crippen LogP contribution in [0.5, 0.6) is 0 Å². The van der Waals surface area contributed by atoms with E-state index < -0.39 is 0 Å². The molecule has 0 radical (unpaired) electrons. The molecule has 0 saturated carbocycles. The maximum Gasteiger partial charge on any atom is 0.243 e. The van der Waals surface area contributed by atoms with E-state index in [1.807, 2.05) is 17.0 Å². The number of amides is 1. The summed E-state index contributed by atoms with van der Waals surface area (Å²) in [4.78, 5) is 19.1. The van der Waals surface area contributed by atoms with Crippen LogP contribution < -0.4 is 15.5 Å². The van der Waals surface area contributed by atoms with Crippen LogP contribution in [0.3, 0.4) is 0 Å². The van der Waals surface area contributed by atoms with E-state index in [0.717, 1.165) is 24.2 Å². The Balaban J connectivity index is 1.50. The zero-order valence-corrected chi connectivity index (χ0v) is 16.3. The van der Waals surface area contributed by atoms with Crippen molar-refractivity contribution in [1.82, 2.24) is 4.98 Å². The number of rotatable bonds is 5. The van der Waals surface area contributed by atoms with Crippen molar-refractivity contribution in [2.75, 3.05) is 35.2 Å². The highest BCUT2D eigenvalue weighted by Gasteiger charge is 2.22. The molecule has 1 aliphatic rings. The second kappa shape index (κ2) is 8.23. The van der Waals surface area contributed by atoms with Gasteiger partial charge in [0.25, 0.3) is 0 Å². The van der Waals surface area contributed by atoms with Crippen LogP contribution in [0.15, 0.2) is 48.5 Å². The molecule has 8 heteroatoms. The van der Waals surface area contributed by atoms with Crippen LogP contribution in [0.25, 0.3) is 10.9 Å². The molecular weight excluding hydrogens is 395 g/mol. The number of nitrogens with zero attached hydrogens (tertiary/aromatic N) is 2. The first-order valence-electron chi connectivity index (χ1n) is 9.31. The minimum absolute atomic E-state index is 0.00945. The quantitative estimate of drug-likeness (QED) is 0.594. The Morgan fingerprint density at radius 3 is 2.72 bits per heavy atom. The van der Waals surface area contributed by atoms with Gasteiger partial charge in [0.1, 0.15) is 11.6 Å². The molecule has 1 saturated heterocycles. The molecule has 1 aliphatic heterocycles. The number of aromatic nitrogens is 1. The lowest BCUT2D eigenvalue weighted by Crippen LogP contribution is -2.23. The number of hydrogen-bond acceptors (Lipinski definition) is 5. The van der Waals surface area contributed by atoms with E-state index in [4.69, 9.17) is 11.6 Å². The fourth-order valence-electron chi connectivity index (χ4n) is 3.35. The third-order valence-corrected chi connectivity index (χ3v) is 5.17. The summed E-state index contributed by atoms with van der Waals surface area (Å²) < 4.78 is 13.0. The largest absolute Gasteiger partial charge is 0.391 e. The van der Waals surface area contributed by atoms with Crippen LogP contribution in [-0.2, 0) is 4.79 Å². The zero-order valence-electron chi connectivity index (χ0n) is 15.5. The van der Waals surface area contributed by atoms with Gasteiger partial charge in [-0.1, -0.05) is 11.6 Å². The average molecular weight is 415 g/mol. The summed E-state index contributed by atoms with van der Waals surface area (Å²) in [5.41, 5.74) is 1.84. The molecule has 1 fully saturated rings. The maximum absolute atomic E-state index is 13.0. The van der Waals surface area contributed by atoms with E-state index in [-0.39, 0.29) is 24.4 Å². The van der Waals surface area contributed by atoms with E-state index in [1.165, 1.54) is 12.1 Å². The smallest absolute Gasteiger partial charge is 0.243 e. The molecule has 4 rings (SSSR count). The molecule has 3 aromatic rings. The molecule has 2 heterocycles. The number of aliphatic hydroxyl groups is 1. The van der Waals surface area contributed by atoms with Gasteiger partial charge in [0.05, 0.1) is 28.9 Å². The summed E-state index contributed by atoms with van der Waals surface area (Å²) in [5, 5.41) is 16.7. The van der Waals surface area contributed by atoms with Crippen LogP contribution >= 0.6 is 11.6 Å². The van der Waals surface area contributed by atoms with Crippen LogP contribution in [-0.4, -0.2) is 41.7 Å². The first-order valence-corrected chi connectivity index (χ1v) is 9.69. The van der Waals surface area contributed by atoms with Crippen molar-refractivity contribution in [1.29, 1.82) is 0 Å². The third kappa shape index (κ3) is 4.41. The second-order valence-corrected chi connectivity index (χ2v) is 7.36. The molecule has 1 aromatic heterocycles. The number of carbonyl (C=O) groups is 1. The Bertz CT molecular complexity index is 1040. The first-order chi connectivity index (χ1) is 14.0. The minimum Gasteiger partial charge on any atom is -0.391 e. The molecule has 0 aliphatic carbocycles. The van der Waals surface area contributed by atoms with Gasteiger partial charge in [0.2, 0.25) is 5.91 Å². The number of hydrogen-bond donors (Lipinski definition) is 3. The van der Waals surface area contributed by atoms with Crippen LogP contribution in [0.1, 0.15) is 6.42 Å². The molecule has 150 valence electrons. The summed E-state index contributed by atoms with van der Waals surface area (Å²) in [5.74, 6) is 0.167. The molecule has 0 unspecified atom stereocenters. The predicted octanol–water partition coefficient (Wildman–Crippen LogP) is 3.65. The maximum atomic E-state index is 13.0. The highest BCUT2D eigenvalue weighted by Crippen LogP contribution is 2.32. The standard InChI is InChI=1S/C21H20ClFN4O2/c22-17-6-7-18-16(5-8-19(25-18)27-10-9-15(28)12-27)21(17)26-20(29)11-24-14-3-1-13(23)2-4-14/h1-8,15,24,28H,9-12H2,(H,26,29)/t15-/m1/s1. The molecular formula is C21H20ClFN4O2. The summed E-state index contributed by atoms with van der Waals surface area (Å²) in [6.45, 7) is 1.33. The van der Waals surface area contributed by atoms with Gasteiger partial charge >= 0.3 is 0 Å². The molecule has 2 aromatic carbocycles. The Kier molecular flexibility index (Phi) is 5.51. The van der Waals surface area contributed by atoms with Gasteiger partial charge in [-0.2, -0.15) is 0 Å². The van der Waals surface area contributed by atoms with E-state index >= 15 is 0 Å². The number of halogens is 2. The van der Waals surface area contributed by atoms with Crippen molar-refractivity contribution in [3.63, 3.8) is 0 Å². The molecule has 1 amide bonds. The van der Waals surface area contributed by atoms with Crippen LogP contribution in [0, 0.1) is 5.82 Å². The summed E-state index contributed by atoms with van der Waals surface area (Å²) >= 11 is 6.32. The zero-order chi connectivity index (χ0) is 20.4. The number of anilines is 3. The van der Waals surface area contributed by atoms with Crippen molar-refractivity contribution in [2.24, 2.45) is 0 Å². The summed E-state index contributed by atoms with van der Waals surface area (Å²) in [7, 11) is 0.